The largest absolute Gasteiger partial charge is 0.416 e. The van der Waals surface area contributed by atoms with Crippen LogP contribution in [0, 0.1) is 3.57 Å². The van der Waals surface area contributed by atoms with Gasteiger partial charge in [-0.3, -0.25) is 4.79 Å². The van der Waals surface area contributed by atoms with Crippen molar-refractivity contribution in [2.24, 2.45) is 0 Å². The zero-order valence-corrected chi connectivity index (χ0v) is 13.3. The van der Waals surface area contributed by atoms with Crippen LogP contribution in [0.5, 0.6) is 0 Å². The van der Waals surface area contributed by atoms with Crippen molar-refractivity contribution in [1.29, 1.82) is 0 Å². The molecule has 0 saturated carbocycles. The fourth-order valence-corrected chi connectivity index (χ4v) is 2.43. The maximum Gasteiger partial charge on any atom is 0.416 e. The van der Waals surface area contributed by atoms with Crippen molar-refractivity contribution in [1.82, 2.24) is 0 Å². The van der Waals surface area contributed by atoms with Gasteiger partial charge in [0, 0.05) is 3.57 Å². The Balaban J connectivity index is 2.31. The summed E-state index contributed by atoms with van der Waals surface area (Å²) in [5, 5.41) is 2.45. The molecule has 0 saturated heterocycles. The van der Waals surface area contributed by atoms with Crippen LogP contribution in [0.15, 0.2) is 42.5 Å². The summed E-state index contributed by atoms with van der Waals surface area (Å²) in [6.07, 6.45) is -4.49. The summed E-state index contributed by atoms with van der Waals surface area (Å²) < 4.78 is 38.7. The van der Waals surface area contributed by atoms with E-state index in [1.165, 1.54) is 0 Å². The molecule has 0 atom stereocenters. The molecule has 7 heteroatoms. The summed E-state index contributed by atoms with van der Waals surface area (Å²) in [4.78, 5) is 12.1. The van der Waals surface area contributed by atoms with Crippen molar-refractivity contribution >= 4 is 45.8 Å². The molecule has 110 valence electrons. The first-order valence-corrected chi connectivity index (χ1v) is 7.17. The molecule has 0 bridgehead atoms. The highest BCUT2D eigenvalue weighted by atomic mass is 127. The van der Waals surface area contributed by atoms with Crippen molar-refractivity contribution in [2.75, 3.05) is 5.32 Å². The molecule has 2 rings (SSSR count). The maximum atomic E-state index is 12.7. The predicted octanol–water partition coefficient (Wildman–Crippen LogP) is 5.22. The van der Waals surface area contributed by atoms with Gasteiger partial charge in [0.05, 0.1) is 21.8 Å². The minimum atomic E-state index is -4.49. The molecule has 0 radical (unpaired) electrons. The van der Waals surface area contributed by atoms with Gasteiger partial charge >= 0.3 is 6.18 Å². The highest BCUT2D eigenvalue weighted by molar-refractivity contribution is 14.1. The Bertz CT molecular complexity index is 688. The fraction of sp³-hybridized carbons (Fsp3) is 0.0714. The third kappa shape index (κ3) is 3.88. The fourth-order valence-electron chi connectivity index (χ4n) is 1.63. The van der Waals surface area contributed by atoms with E-state index in [1.54, 1.807) is 24.3 Å². The second-order valence-electron chi connectivity index (χ2n) is 4.13. The van der Waals surface area contributed by atoms with Crippen LogP contribution >= 0.6 is 34.2 Å². The number of alkyl halides is 3. The number of halogens is 5. The summed E-state index contributed by atoms with van der Waals surface area (Å²) in [7, 11) is 0. The van der Waals surface area contributed by atoms with E-state index in [2.05, 4.69) is 5.32 Å². The second kappa shape index (κ2) is 6.23. The van der Waals surface area contributed by atoms with E-state index >= 15 is 0 Å². The predicted molar refractivity (Wildman–Crippen MR) is 83.6 cm³/mol. The Morgan fingerprint density at radius 1 is 1.14 bits per heavy atom. The third-order valence-corrected chi connectivity index (χ3v) is 3.93. The first-order valence-electron chi connectivity index (χ1n) is 5.71. The summed E-state index contributed by atoms with van der Waals surface area (Å²) in [6, 6.07) is 9.53. The van der Waals surface area contributed by atoms with E-state index in [-0.39, 0.29) is 10.7 Å². The molecule has 0 aromatic heterocycles. The Labute approximate surface area is 137 Å². The molecule has 2 nitrogen and oxygen atoms in total. The Kier molecular flexibility index (Phi) is 4.77. The van der Waals surface area contributed by atoms with Crippen LogP contribution in [0.1, 0.15) is 15.9 Å². The number of hydrogen-bond acceptors (Lipinski definition) is 1. The van der Waals surface area contributed by atoms with E-state index in [4.69, 9.17) is 11.6 Å². The average Bonchev–Trinajstić information content (AvgIpc) is 2.40. The molecule has 0 spiro atoms. The molecule has 2 aromatic rings. The number of rotatable bonds is 2. The molecular formula is C14H8ClF3INO. The van der Waals surface area contributed by atoms with Gasteiger partial charge in [-0.05, 0) is 52.9 Å². The van der Waals surface area contributed by atoms with Crippen molar-refractivity contribution in [3.05, 3.63) is 62.2 Å². The first kappa shape index (κ1) is 16.1. The monoisotopic (exact) mass is 425 g/mol. The van der Waals surface area contributed by atoms with E-state index in [9.17, 15) is 18.0 Å². The second-order valence-corrected chi connectivity index (χ2v) is 5.70. The summed E-state index contributed by atoms with van der Waals surface area (Å²) in [5.74, 6) is -0.513. The molecule has 1 amide bonds. The van der Waals surface area contributed by atoms with Crippen molar-refractivity contribution in [3.63, 3.8) is 0 Å². The Hall–Kier alpha value is -1.28. The van der Waals surface area contributed by atoms with Crippen LogP contribution in [0.2, 0.25) is 5.02 Å². The van der Waals surface area contributed by atoms with E-state index in [0.29, 0.717) is 9.13 Å². The molecule has 0 aliphatic heterocycles. The van der Waals surface area contributed by atoms with Crippen LogP contribution in [0.25, 0.3) is 0 Å². The van der Waals surface area contributed by atoms with Gasteiger partial charge in [0.1, 0.15) is 0 Å². The van der Waals surface area contributed by atoms with Gasteiger partial charge in [0.2, 0.25) is 0 Å². The molecule has 0 fully saturated rings. The standard InChI is InChI=1S/C14H8ClF3INO/c15-10-6-5-8(14(16,17)18)7-12(10)20-13(21)9-3-1-2-4-11(9)19/h1-7H,(H,20,21). The lowest BCUT2D eigenvalue weighted by atomic mass is 10.1. The van der Waals surface area contributed by atoms with E-state index < -0.39 is 17.6 Å². The lowest BCUT2D eigenvalue weighted by Gasteiger charge is -2.12. The number of anilines is 1. The van der Waals surface area contributed by atoms with Gasteiger partial charge in [0.15, 0.2) is 0 Å². The van der Waals surface area contributed by atoms with Crippen LogP contribution in [0.4, 0.5) is 18.9 Å². The number of carbonyl (C=O) groups excluding carboxylic acids is 1. The van der Waals surface area contributed by atoms with Gasteiger partial charge in [-0.15, -0.1) is 0 Å². The quantitative estimate of drug-likeness (QED) is 0.657. The lowest BCUT2D eigenvalue weighted by molar-refractivity contribution is -0.137. The lowest BCUT2D eigenvalue weighted by Crippen LogP contribution is -2.14. The topological polar surface area (TPSA) is 29.1 Å². The summed E-state index contributed by atoms with van der Waals surface area (Å²) in [6.45, 7) is 0. The van der Waals surface area contributed by atoms with Crippen molar-refractivity contribution < 1.29 is 18.0 Å². The van der Waals surface area contributed by atoms with Crippen LogP contribution in [-0.4, -0.2) is 5.91 Å². The summed E-state index contributed by atoms with van der Waals surface area (Å²) in [5.41, 5.74) is -0.576. The van der Waals surface area contributed by atoms with Crippen LogP contribution in [0.3, 0.4) is 0 Å². The van der Waals surface area contributed by atoms with E-state index in [0.717, 1.165) is 18.2 Å². The zero-order chi connectivity index (χ0) is 15.6. The molecule has 0 aliphatic carbocycles. The molecule has 0 heterocycles. The molecule has 0 aliphatic rings. The van der Waals surface area contributed by atoms with E-state index in [1.807, 2.05) is 22.6 Å². The van der Waals surface area contributed by atoms with Gasteiger partial charge in [-0.25, -0.2) is 0 Å². The molecule has 2 aromatic carbocycles. The zero-order valence-electron chi connectivity index (χ0n) is 10.3. The Morgan fingerprint density at radius 3 is 2.43 bits per heavy atom. The minimum Gasteiger partial charge on any atom is -0.321 e. The number of amides is 1. The van der Waals surface area contributed by atoms with Gasteiger partial charge < -0.3 is 5.32 Å². The SMILES string of the molecule is O=C(Nc1cc(C(F)(F)F)ccc1Cl)c1ccccc1I. The van der Waals surface area contributed by atoms with Gasteiger partial charge in [0.25, 0.3) is 5.91 Å². The number of hydrogen-bond donors (Lipinski definition) is 1. The third-order valence-electron chi connectivity index (χ3n) is 2.66. The first-order chi connectivity index (χ1) is 9.79. The number of benzene rings is 2. The highest BCUT2D eigenvalue weighted by Crippen LogP contribution is 2.34. The molecular weight excluding hydrogens is 418 g/mol. The molecule has 0 unspecified atom stereocenters. The maximum absolute atomic E-state index is 12.7. The average molecular weight is 426 g/mol. The molecule has 1 N–H and O–H groups in total. The smallest absolute Gasteiger partial charge is 0.321 e. The van der Waals surface area contributed by atoms with Gasteiger partial charge in [-0.2, -0.15) is 13.2 Å². The summed E-state index contributed by atoms with van der Waals surface area (Å²) >= 11 is 7.81. The van der Waals surface area contributed by atoms with Crippen molar-refractivity contribution in [3.8, 4) is 0 Å². The minimum absolute atomic E-state index is 0.0438. The van der Waals surface area contributed by atoms with Gasteiger partial charge in [-0.1, -0.05) is 23.7 Å². The Morgan fingerprint density at radius 2 is 1.81 bits per heavy atom. The highest BCUT2D eigenvalue weighted by Gasteiger charge is 2.31. The van der Waals surface area contributed by atoms with Crippen LogP contribution < -0.4 is 5.32 Å². The molecule has 21 heavy (non-hydrogen) atoms. The van der Waals surface area contributed by atoms with Crippen LogP contribution in [-0.2, 0) is 6.18 Å². The number of carbonyl (C=O) groups is 1. The normalized spacial score (nSPS) is 11.3. The van der Waals surface area contributed by atoms with Crippen molar-refractivity contribution in [2.45, 2.75) is 6.18 Å². The number of nitrogens with one attached hydrogen (secondary N) is 1.